The quantitative estimate of drug-likeness (QED) is 0.373. The molecule has 0 saturated heterocycles. The molecule has 0 bridgehead atoms. The van der Waals surface area contributed by atoms with Crippen LogP contribution in [-0.4, -0.2) is 59.7 Å². The fourth-order valence-corrected chi connectivity index (χ4v) is 2.67. The third kappa shape index (κ3) is 7.04. The number of aliphatic hydroxyl groups is 2. The van der Waals surface area contributed by atoms with Crippen molar-refractivity contribution in [1.29, 1.82) is 0 Å². The molecular weight excluding hydrogens is 398 g/mol. The Labute approximate surface area is 180 Å². The highest BCUT2D eigenvalue weighted by Gasteiger charge is 2.25. The van der Waals surface area contributed by atoms with Gasteiger partial charge in [0.1, 0.15) is 12.6 Å². The van der Waals surface area contributed by atoms with Gasteiger partial charge in [0, 0.05) is 35.3 Å². The Morgan fingerprint density at radius 3 is 2.29 bits per heavy atom. The molecule has 8 heteroatoms. The monoisotopic (exact) mass is 423 g/mol. The molecule has 8 nitrogen and oxygen atoms in total. The van der Waals surface area contributed by atoms with Crippen LogP contribution in [0.25, 0.3) is 0 Å². The van der Waals surface area contributed by atoms with Gasteiger partial charge in [0.25, 0.3) is 11.8 Å². The first-order chi connectivity index (χ1) is 14.8. The van der Waals surface area contributed by atoms with Crippen molar-refractivity contribution in [3.8, 4) is 11.8 Å². The van der Waals surface area contributed by atoms with Crippen LogP contribution in [0, 0.1) is 11.8 Å². The first-order valence-electron chi connectivity index (χ1n) is 9.68. The average Bonchev–Trinajstić information content (AvgIpc) is 2.79. The van der Waals surface area contributed by atoms with Crippen LogP contribution < -0.4 is 16.4 Å². The van der Waals surface area contributed by atoms with Crippen molar-refractivity contribution < 1.29 is 24.6 Å². The minimum atomic E-state index is -1.19. The Bertz CT molecular complexity index is 990. The predicted octanol–water partition coefficient (Wildman–Crippen LogP) is -0.184. The number of aliphatic hydroxyl groups excluding tert-OH is 2. The van der Waals surface area contributed by atoms with Crippen molar-refractivity contribution in [2.24, 2.45) is 5.73 Å². The second-order valence-electron chi connectivity index (χ2n) is 6.77. The number of nitrogens with one attached hydrogen (secondary N) is 2. The van der Waals surface area contributed by atoms with E-state index in [4.69, 9.17) is 10.8 Å². The number of nitrogens with two attached hydrogens (primary N) is 1. The molecule has 0 aliphatic rings. The number of Topliss-reactive ketones (excluding diaryl/α,β-unsaturated/α-hetero) is 1. The zero-order valence-corrected chi connectivity index (χ0v) is 17.1. The van der Waals surface area contributed by atoms with Gasteiger partial charge in [-0.2, -0.15) is 0 Å². The number of ketones is 1. The molecule has 0 heterocycles. The topological polar surface area (TPSA) is 142 Å². The summed E-state index contributed by atoms with van der Waals surface area (Å²) in [5.41, 5.74) is 7.45. The fourth-order valence-electron chi connectivity index (χ4n) is 2.67. The van der Waals surface area contributed by atoms with Crippen LogP contribution >= 0.6 is 0 Å². The van der Waals surface area contributed by atoms with Crippen LogP contribution in [0.4, 0.5) is 0 Å². The Morgan fingerprint density at radius 1 is 1.00 bits per heavy atom. The van der Waals surface area contributed by atoms with E-state index in [0.717, 1.165) is 0 Å². The van der Waals surface area contributed by atoms with Crippen LogP contribution in [0.5, 0.6) is 0 Å². The molecular formula is C23H25N3O5. The van der Waals surface area contributed by atoms with Crippen LogP contribution in [0.3, 0.4) is 0 Å². The molecule has 0 unspecified atom stereocenters. The summed E-state index contributed by atoms with van der Waals surface area (Å²) in [5, 5.41) is 23.7. The van der Waals surface area contributed by atoms with E-state index in [1.807, 2.05) is 0 Å². The summed E-state index contributed by atoms with van der Waals surface area (Å²) in [7, 11) is 0. The van der Waals surface area contributed by atoms with Crippen molar-refractivity contribution in [1.82, 2.24) is 10.6 Å². The van der Waals surface area contributed by atoms with E-state index in [2.05, 4.69) is 22.5 Å². The second kappa shape index (κ2) is 11.6. The summed E-state index contributed by atoms with van der Waals surface area (Å²) in [6.07, 6.45) is -1.14. The van der Waals surface area contributed by atoms with E-state index in [0.29, 0.717) is 29.8 Å². The van der Waals surface area contributed by atoms with Gasteiger partial charge in [-0.3, -0.25) is 14.4 Å². The van der Waals surface area contributed by atoms with Gasteiger partial charge in [-0.05, 0) is 49.4 Å². The number of hydrogen-bond donors (Lipinski definition) is 5. The van der Waals surface area contributed by atoms with Crippen molar-refractivity contribution in [2.75, 3.05) is 19.7 Å². The van der Waals surface area contributed by atoms with Crippen molar-refractivity contribution in [3.05, 3.63) is 70.8 Å². The maximum atomic E-state index is 12.3. The minimum Gasteiger partial charge on any atom is -0.391 e. The number of benzene rings is 2. The summed E-state index contributed by atoms with van der Waals surface area (Å²) in [6.45, 7) is 1.33. The number of carbonyl (C=O) groups is 3. The van der Waals surface area contributed by atoms with Gasteiger partial charge in [-0.1, -0.05) is 17.9 Å². The molecule has 0 aliphatic carbocycles. The number of amides is 2. The van der Waals surface area contributed by atoms with Gasteiger partial charge in [-0.15, -0.1) is 0 Å². The van der Waals surface area contributed by atoms with Crippen molar-refractivity contribution in [2.45, 2.75) is 19.1 Å². The summed E-state index contributed by atoms with van der Waals surface area (Å²) < 4.78 is 0. The third-order valence-electron chi connectivity index (χ3n) is 4.32. The lowest BCUT2D eigenvalue weighted by atomic mass is 10.1. The molecule has 0 radical (unpaired) electrons. The molecule has 0 aromatic heterocycles. The largest absolute Gasteiger partial charge is 0.391 e. The Hall–Kier alpha value is -3.51. The lowest BCUT2D eigenvalue weighted by molar-refractivity contribution is -0.125. The van der Waals surface area contributed by atoms with Crippen LogP contribution in [0.1, 0.15) is 38.8 Å². The first-order valence-corrected chi connectivity index (χ1v) is 9.68. The van der Waals surface area contributed by atoms with E-state index in [9.17, 15) is 19.5 Å². The molecule has 0 fully saturated rings. The molecule has 6 N–H and O–H groups in total. The van der Waals surface area contributed by atoms with Crippen LogP contribution in [0.15, 0.2) is 48.5 Å². The first kappa shape index (κ1) is 23.8. The smallest absolute Gasteiger partial charge is 0.251 e. The number of carbonyl (C=O) groups excluding carboxylic acids is 3. The lowest BCUT2D eigenvalue weighted by Crippen LogP contribution is -2.48. The number of hydrogen-bond acceptors (Lipinski definition) is 6. The van der Waals surface area contributed by atoms with Crippen LogP contribution in [-0.2, 0) is 4.79 Å². The average molecular weight is 423 g/mol. The molecule has 2 atom stereocenters. The highest BCUT2D eigenvalue weighted by Crippen LogP contribution is 2.07. The minimum absolute atomic E-state index is 0.223. The van der Waals surface area contributed by atoms with E-state index in [1.165, 1.54) is 6.92 Å². The van der Waals surface area contributed by atoms with Gasteiger partial charge >= 0.3 is 0 Å². The summed E-state index contributed by atoms with van der Waals surface area (Å²) in [4.78, 5) is 36.0. The van der Waals surface area contributed by atoms with Gasteiger partial charge in [0.05, 0.1) is 6.10 Å². The molecule has 162 valence electrons. The number of rotatable bonds is 8. The Kier molecular flexibility index (Phi) is 8.91. The molecule has 2 aromatic rings. The highest BCUT2D eigenvalue weighted by atomic mass is 16.3. The highest BCUT2D eigenvalue weighted by molar-refractivity contribution is 5.98. The molecule has 2 rings (SSSR count). The standard InChI is InChI=1S/C23H25N3O5/c1-15(28)21(20(29)14-27)26-23(31)18-9-7-16(8-10-18)5-6-17-3-2-4-19(13-17)22(30)25-12-11-24/h2-4,7-10,13,15,21,27-28H,11-12,14,24H2,1H3,(H,25,30)(H,26,31)/t15-,21+/m1/s1. The maximum Gasteiger partial charge on any atom is 0.251 e. The summed E-state index contributed by atoms with van der Waals surface area (Å²) >= 11 is 0. The lowest BCUT2D eigenvalue weighted by Gasteiger charge is -2.19. The normalized spacial score (nSPS) is 12.1. The van der Waals surface area contributed by atoms with E-state index in [1.54, 1.807) is 48.5 Å². The zero-order chi connectivity index (χ0) is 22.8. The van der Waals surface area contributed by atoms with Crippen LogP contribution in [0.2, 0.25) is 0 Å². The Morgan fingerprint density at radius 2 is 1.68 bits per heavy atom. The molecule has 2 amide bonds. The van der Waals surface area contributed by atoms with E-state index in [-0.39, 0.29) is 11.5 Å². The summed E-state index contributed by atoms with van der Waals surface area (Å²) in [6, 6.07) is 12.1. The maximum absolute atomic E-state index is 12.3. The van der Waals surface area contributed by atoms with Gasteiger partial charge in [0.15, 0.2) is 5.78 Å². The zero-order valence-electron chi connectivity index (χ0n) is 17.1. The van der Waals surface area contributed by atoms with Crippen molar-refractivity contribution >= 4 is 17.6 Å². The molecule has 0 saturated carbocycles. The summed E-state index contributed by atoms with van der Waals surface area (Å²) in [5.74, 6) is 4.48. The Balaban J connectivity index is 2.08. The molecule has 31 heavy (non-hydrogen) atoms. The van der Waals surface area contributed by atoms with E-state index >= 15 is 0 Å². The van der Waals surface area contributed by atoms with E-state index < -0.39 is 30.4 Å². The fraction of sp³-hybridized carbons (Fsp3) is 0.261. The third-order valence-corrected chi connectivity index (χ3v) is 4.32. The predicted molar refractivity (Wildman–Crippen MR) is 115 cm³/mol. The van der Waals surface area contributed by atoms with Gasteiger partial charge in [0.2, 0.25) is 0 Å². The molecule has 0 aliphatic heterocycles. The van der Waals surface area contributed by atoms with Gasteiger partial charge in [-0.25, -0.2) is 0 Å². The van der Waals surface area contributed by atoms with Crippen molar-refractivity contribution in [3.63, 3.8) is 0 Å². The van der Waals surface area contributed by atoms with Gasteiger partial charge < -0.3 is 26.6 Å². The molecule has 0 spiro atoms. The SMILES string of the molecule is C[C@@H](O)[C@H](NC(=O)c1ccc(C#Cc2cccc(C(=O)NCCN)c2)cc1)C(=O)CO. The second-order valence-corrected chi connectivity index (χ2v) is 6.77. The molecule has 2 aromatic carbocycles.